The Morgan fingerprint density at radius 2 is 1.67 bits per heavy atom. The van der Waals surface area contributed by atoms with Crippen molar-refractivity contribution < 1.29 is 48.3 Å². The molecule has 2 aromatic rings. The number of nitrogens with one attached hydrogen (secondary N) is 1. The molecular weight excluding hydrogens is 557 g/mol. The Morgan fingerprint density at radius 1 is 1.03 bits per heavy atom. The molecule has 2 aliphatic heterocycles. The number of fused-ring (bicyclic) bond motifs is 3. The first-order valence-electron chi connectivity index (χ1n) is 10.5. The second-order valence-corrected chi connectivity index (χ2v) is 12.8. The van der Waals surface area contributed by atoms with E-state index in [2.05, 4.69) is 0 Å². The van der Waals surface area contributed by atoms with E-state index in [1.54, 1.807) is 4.72 Å². The largest absolute Gasteiger partial charge is 0.490 e. The van der Waals surface area contributed by atoms with E-state index in [4.69, 9.17) is 21.1 Å². The molecule has 4 rings (SSSR count). The number of hydrogen-bond donors (Lipinski definition) is 1. The molecule has 1 saturated heterocycles. The zero-order chi connectivity index (χ0) is 26.5. The fourth-order valence-electron chi connectivity index (χ4n) is 4.73. The van der Waals surface area contributed by atoms with Crippen LogP contribution in [0.3, 0.4) is 0 Å². The summed E-state index contributed by atoms with van der Waals surface area (Å²) < 4.78 is 130. The van der Waals surface area contributed by atoms with Gasteiger partial charge in [0.2, 0.25) is 10.0 Å². The molecule has 1 fully saturated rings. The first kappa shape index (κ1) is 27.0. The van der Waals surface area contributed by atoms with Gasteiger partial charge in [-0.2, -0.15) is 13.2 Å². The van der Waals surface area contributed by atoms with E-state index in [-0.39, 0.29) is 22.9 Å². The zero-order valence-corrected chi connectivity index (χ0v) is 20.6. The number of alkyl halides is 3. The lowest BCUT2D eigenvalue weighted by Crippen LogP contribution is -2.59. The summed E-state index contributed by atoms with van der Waals surface area (Å²) in [6, 6.07) is 6.49. The van der Waals surface area contributed by atoms with Crippen molar-refractivity contribution >= 4 is 31.5 Å². The van der Waals surface area contributed by atoms with Crippen molar-refractivity contribution in [2.24, 2.45) is 5.92 Å². The zero-order valence-electron chi connectivity index (χ0n) is 18.2. The highest BCUT2D eigenvalue weighted by atomic mass is 35.5. The van der Waals surface area contributed by atoms with E-state index in [0.717, 1.165) is 12.1 Å². The molecule has 0 saturated carbocycles. The second kappa shape index (κ2) is 9.39. The molecule has 36 heavy (non-hydrogen) atoms. The fraction of sp³-hybridized carbons (Fsp3) is 0.429. The molecule has 1 N–H and O–H groups in total. The molecule has 0 unspecified atom stereocenters. The number of rotatable bonds is 6. The maximum absolute atomic E-state index is 15.3. The van der Waals surface area contributed by atoms with Crippen molar-refractivity contribution in [2.75, 3.05) is 25.5 Å². The van der Waals surface area contributed by atoms with Crippen LogP contribution in [0.25, 0.3) is 0 Å². The van der Waals surface area contributed by atoms with Gasteiger partial charge in [0.25, 0.3) is 0 Å². The van der Waals surface area contributed by atoms with Gasteiger partial charge in [0.15, 0.2) is 27.2 Å². The minimum Gasteiger partial charge on any atom is -0.490 e. The summed E-state index contributed by atoms with van der Waals surface area (Å²) in [7, 11) is -9.41. The topological polar surface area (TPSA) is 98.8 Å². The van der Waals surface area contributed by atoms with Crippen LogP contribution in [-0.4, -0.2) is 54.6 Å². The Hall–Kier alpha value is -2.00. The Balaban J connectivity index is 1.83. The maximum Gasteiger partial charge on any atom is 0.404 e. The summed E-state index contributed by atoms with van der Waals surface area (Å²) in [4.78, 5) is -0.272. The summed E-state index contributed by atoms with van der Waals surface area (Å²) in [6.45, 7) is -1.63. The predicted octanol–water partition coefficient (Wildman–Crippen LogP) is 3.57. The van der Waals surface area contributed by atoms with Crippen molar-refractivity contribution in [1.29, 1.82) is 0 Å². The van der Waals surface area contributed by atoms with Crippen molar-refractivity contribution in [3.8, 4) is 5.75 Å². The average molecular weight is 576 g/mol. The highest BCUT2D eigenvalue weighted by Crippen LogP contribution is 2.55. The van der Waals surface area contributed by atoms with Crippen LogP contribution in [0.1, 0.15) is 12.0 Å². The Morgan fingerprint density at radius 3 is 2.31 bits per heavy atom. The van der Waals surface area contributed by atoms with E-state index in [9.17, 15) is 34.4 Å². The van der Waals surface area contributed by atoms with Gasteiger partial charge < -0.3 is 9.47 Å². The molecule has 0 aliphatic carbocycles. The van der Waals surface area contributed by atoms with E-state index < -0.39 is 84.7 Å². The quantitative estimate of drug-likeness (QED) is 0.529. The van der Waals surface area contributed by atoms with Crippen LogP contribution in [-0.2, 0) is 29.3 Å². The van der Waals surface area contributed by atoms with E-state index in [1.165, 1.54) is 24.3 Å². The fourth-order valence-corrected chi connectivity index (χ4v) is 8.15. The molecule has 0 radical (unpaired) electrons. The molecule has 15 heteroatoms. The minimum atomic E-state index is -5.02. The monoisotopic (exact) mass is 575 g/mol. The van der Waals surface area contributed by atoms with Crippen molar-refractivity contribution in [2.45, 2.75) is 28.3 Å². The number of ether oxygens (including phenoxy) is 2. The van der Waals surface area contributed by atoms with Crippen LogP contribution in [0, 0.1) is 17.6 Å². The van der Waals surface area contributed by atoms with Crippen molar-refractivity contribution in [3.63, 3.8) is 0 Å². The number of benzene rings is 2. The van der Waals surface area contributed by atoms with Gasteiger partial charge in [-0.3, -0.25) is 0 Å². The Kier molecular flexibility index (Phi) is 7.05. The molecule has 2 aromatic carbocycles. The summed E-state index contributed by atoms with van der Waals surface area (Å²) in [6.07, 6.45) is -6.72. The maximum atomic E-state index is 15.3. The number of halogens is 6. The SMILES string of the molecule is O=S(=O)(CC(F)(F)F)NC[C@@H]1OCC[C@@]2(S(=O)(=O)c3ccc(Cl)cc3)c3c(F)ccc(F)c3OC[C@@H]12. The third kappa shape index (κ3) is 4.80. The lowest BCUT2D eigenvalue weighted by atomic mass is 9.76. The molecular formula is C21H19ClF5NO6S2. The van der Waals surface area contributed by atoms with Crippen LogP contribution in [0.5, 0.6) is 5.75 Å². The summed E-state index contributed by atoms with van der Waals surface area (Å²) in [5.41, 5.74) is -0.583. The van der Waals surface area contributed by atoms with Crippen LogP contribution >= 0.6 is 11.6 Å². The lowest BCUT2D eigenvalue weighted by molar-refractivity contribution is -0.106. The average Bonchev–Trinajstić information content (AvgIpc) is 2.78. The Bertz CT molecular complexity index is 1370. The summed E-state index contributed by atoms with van der Waals surface area (Å²) >= 11 is 5.87. The van der Waals surface area contributed by atoms with Crippen LogP contribution in [0.15, 0.2) is 41.3 Å². The van der Waals surface area contributed by atoms with E-state index >= 15 is 4.39 Å². The molecule has 2 aliphatic rings. The van der Waals surface area contributed by atoms with Gasteiger partial charge in [-0.05, 0) is 42.8 Å². The summed E-state index contributed by atoms with van der Waals surface area (Å²) in [5.74, 6) is -6.17. The number of hydrogen-bond acceptors (Lipinski definition) is 6. The standard InChI is InChI=1S/C21H19ClF5NO6S2/c22-12-1-3-13(4-2-12)36(31,32)20-7-8-33-17(9-28-35(29,30)11-21(25,26)27)14(20)10-34-19-16(24)6-5-15(23)18(19)20/h1-6,14,17,28H,7-11H2/t14-,17-,20-/m0/s1. The van der Waals surface area contributed by atoms with Gasteiger partial charge in [-0.1, -0.05) is 11.6 Å². The molecule has 2 heterocycles. The predicted molar refractivity (Wildman–Crippen MR) is 118 cm³/mol. The first-order chi connectivity index (χ1) is 16.7. The summed E-state index contributed by atoms with van der Waals surface area (Å²) in [5, 5.41) is 0.219. The molecule has 7 nitrogen and oxygen atoms in total. The van der Waals surface area contributed by atoms with E-state index in [0.29, 0.717) is 0 Å². The van der Waals surface area contributed by atoms with Gasteiger partial charge >= 0.3 is 6.18 Å². The highest BCUT2D eigenvalue weighted by Gasteiger charge is 2.61. The molecule has 198 valence electrons. The minimum absolute atomic E-state index is 0.219. The highest BCUT2D eigenvalue weighted by molar-refractivity contribution is 7.92. The van der Waals surface area contributed by atoms with Gasteiger partial charge in [-0.25, -0.2) is 30.3 Å². The van der Waals surface area contributed by atoms with Gasteiger partial charge in [0.05, 0.1) is 23.2 Å². The smallest absolute Gasteiger partial charge is 0.404 e. The van der Waals surface area contributed by atoms with E-state index in [1.807, 2.05) is 0 Å². The van der Waals surface area contributed by atoms with Crippen molar-refractivity contribution in [1.82, 2.24) is 4.72 Å². The van der Waals surface area contributed by atoms with Gasteiger partial charge in [-0.15, -0.1) is 0 Å². The number of sulfone groups is 1. The third-order valence-corrected chi connectivity index (χ3v) is 10.3. The second-order valence-electron chi connectivity index (χ2n) is 8.38. The third-order valence-electron chi connectivity index (χ3n) is 6.20. The molecule has 0 aromatic heterocycles. The normalized spacial score (nSPS) is 24.5. The number of sulfonamides is 1. The van der Waals surface area contributed by atoms with Crippen LogP contribution in [0.4, 0.5) is 22.0 Å². The van der Waals surface area contributed by atoms with Gasteiger partial charge in [0.1, 0.15) is 10.6 Å². The molecule has 0 spiro atoms. The van der Waals surface area contributed by atoms with Gasteiger partial charge in [0, 0.05) is 24.1 Å². The van der Waals surface area contributed by atoms with Crippen LogP contribution < -0.4 is 9.46 Å². The first-order valence-corrected chi connectivity index (χ1v) is 14.0. The molecule has 0 amide bonds. The molecule has 3 atom stereocenters. The van der Waals surface area contributed by atoms with Crippen molar-refractivity contribution in [3.05, 3.63) is 58.6 Å². The van der Waals surface area contributed by atoms with Crippen LogP contribution in [0.2, 0.25) is 5.02 Å². The molecule has 0 bridgehead atoms. The lowest BCUT2D eigenvalue weighted by Gasteiger charge is -2.50. The Labute approximate surface area is 208 Å².